The van der Waals surface area contributed by atoms with Gasteiger partial charge in [-0.25, -0.2) is 12.7 Å². The number of alkyl halides is 1. The normalized spacial score (nSPS) is 24.6. The van der Waals surface area contributed by atoms with E-state index < -0.39 is 32.6 Å². The Labute approximate surface area is 269 Å². The minimum Gasteiger partial charge on any atom is -0.342 e. The van der Waals surface area contributed by atoms with Gasteiger partial charge < -0.3 is 10.2 Å². The first-order valence-corrected chi connectivity index (χ1v) is 17.7. The maximum absolute atomic E-state index is 15.3. The van der Waals surface area contributed by atoms with Crippen LogP contribution < -0.4 is 9.62 Å². The molecule has 3 aromatic carbocycles. The first-order chi connectivity index (χ1) is 20.8. The van der Waals surface area contributed by atoms with Gasteiger partial charge in [-0.2, -0.15) is 0 Å². The topological polar surface area (TPSA) is 86.8 Å². The van der Waals surface area contributed by atoms with Crippen LogP contribution in [0.1, 0.15) is 93.5 Å². The number of anilines is 1. The van der Waals surface area contributed by atoms with E-state index >= 15 is 8.42 Å². The predicted molar refractivity (Wildman–Crippen MR) is 177 cm³/mol. The zero-order valence-electron chi connectivity index (χ0n) is 26.0. The summed E-state index contributed by atoms with van der Waals surface area (Å²) in [5.41, 5.74) is 4.84. The quantitative estimate of drug-likeness (QED) is 0.289. The third kappa shape index (κ3) is 4.69. The number of carbonyl (C=O) groups excluding carboxylic acids is 2. The number of benzene rings is 3. The van der Waals surface area contributed by atoms with Gasteiger partial charge in [0.25, 0.3) is 10.0 Å². The van der Waals surface area contributed by atoms with Crippen LogP contribution in [0.25, 0.3) is 0 Å². The highest BCUT2D eigenvalue weighted by Gasteiger charge is 2.67. The third-order valence-corrected chi connectivity index (χ3v) is 12.4. The van der Waals surface area contributed by atoms with E-state index in [-0.39, 0.29) is 36.0 Å². The Morgan fingerprint density at radius 3 is 2.07 bits per heavy atom. The molecule has 44 heavy (non-hydrogen) atoms. The number of amides is 2. The molecule has 2 fully saturated rings. The minimum absolute atomic E-state index is 0.0588. The average molecular weight is 679 g/mol. The largest absolute Gasteiger partial charge is 0.342 e. The van der Waals surface area contributed by atoms with Crippen molar-refractivity contribution in [2.24, 2.45) is 0 Å². The monoisotopic (exact) mass is 677 g/mol. The Bertz CT molecular complexity index is 1710. The fraction of sp³-hybridized carbons (Fsp3) is 0.429. The van der Waals surface area contributed by atoms with Crippen LogP contribution in [0, 0.1) is 0 Å². The van der Waals surface area contributed by atoms with Crippen molar-refractivity contribution in [1.29, 1.82) is 0 Å². The lowest BCUT2D eigenvalue weighted by molar-refractivity contribution is -0.148. The maximum atomic E-state index is 15.3. The summed E-state index contributed by atoms with van der Waals surface area (Å²) in [7, 11) is -4.23. The molecule has 0 saturated carbocycles. The van der Waals surface area contributed by atoms with E-state index in [4.69, 9.17) is 0 Å². The number of para-hydroxylation sites is 1. The molecule has 4 atom stereocenters. The number of hydrogen-bond donors (Lipinski definition) is 1. The summed E-state index contributed by atoms with van der Waals surface area (Å²) < 4.78 is 31.1. The van der Waals surface area contributed by atoms with Gasteiger partial charge >= 0.3 is 0 Å². The molecule has 7 nitrogen and oxygen atoms in total. The summed E-state index contributed by atoms with van der Waals surface area (Å²) >= 11 is 3.95. The van der Waals surface area contributed by atoms with Gasteiger partial charge in [0, 0.05) is 12.8 Å². The molecule has 6 rings (SSSR count). The second-order valence-corrected chi connectivity index (χ2v) is 16.4. The first-order valence-electron chi connectivity index (χ1n) is 15.4. The summed E-state index contributed by atoms with van der Waals surface area (Å²) in [4.78, 5) is 29.8. The molecule has 3 heterocycles. The Balaban J connectivity index is 1.55. The molecule has 0 spiro atoms. The van der Waals surface area contributed by atoms with Crippen molar-refractivity contribution in [2.75, 3.05) is 4.31 Å². The number of piperazine rings is 1. The van der Waals surface area contributed by atoms with E-state index in [1.807, 2.05) is 94.4 Å². The summed E-state index contributed by atoms with van der Waals surface area (Å²) in [5, 5.41) is 2.95. The molecule has 3 aromatic rings. The average Bonchev–Trinajstić information content (AvgIpc) is 3.43. The predicted octanol–water partition coefficient (Wildman–Crippen LogP) is 6.52. The van der Waals surface area contributed by atoms with Gasteiger partial charge in [-0.05, 0) is 51.6 Å². The van der Waals surface area contributed by atoms with Crippen molar-refractivity contribution in [3.8, 4) is 0 Å². The van der Waals surface area contributed by atoms with E-state index in [0.717, 1.165) is 27.8 Å². The molecule has 0 aliphatic carbocycles. The molecule has 0 bridgehead atoms. The number of rotatable bonds is 7. The van der Waals surface area contributed by atoms with Gasteiger partial charge in [-0.15, -0.1) is 0 Å². The highest BCUT2D eigenvalue weighted by atomic mass is 79.9. The molecule has 3 aliphatic heterocycles. The van der Waals surface area contributed by atoms with Gasteiger partial charge in [0.05, 0.1) is 14.9 Å². The van der Waals surface area contributed by atoms with E-state index in [1.54, 1.807) is 4.90 Å². The van der Waals surface area contributed by atoms with Crippen LogP contribution in [0.3, 0.4) is 0 Å². The van der Waals surface area contributed by atoms with Crippen LogP contribution in [-0.2, 0) is 30.4 Å². The van der Waals surface area contributed by atoms with Gasteiger partial charge in [0.1, 0.15) is 18.2 Å². The number of hydrogen-bond acceptors (Lipinski definition) is 4. The molecular formula is C35H40BrN3O4S. The minimum atomic E-state index is -4.23. The molecular weight excluding hydrogens is 638 g/mol. The first kappa shape index (κ1) is 30.8. The number of carbonyl (C=O) groups is 2. The van der Waals surface area contributed by atoms with Crippen molar-refractivity contribution in [2.45, 2.75) is 99.6 Å². The number of halogens is 1. The fourth-order valence-electron chi connectivity index (χ4n) is 7.11. The molecule has 1 N–H and O–H groups in total. The maximum Gasteiger partial charge on any atom is 0.266 e. The second kappa shape index (κ2) is 11.0. The zero-order chi connectivity index (χ0) is 31.7. The van der Waals surface area contributed by atoms with E-state index in [2.05, 4.69) is 35.1 Å². The molecule has 2 saturated heterocycles. The lowest BCUT2D eigenvalue weighted by Gasteiger charge is -2.41. The van der Waals surface area contributed by atoms with Crippen LogP contribution in [0.15, 0.2) is 71.6 Å². The summed E-state index contributed by atoms with van der Waals surface area (Å²) in [6, 6.07) is 19.4. The molecule has 0 aromatic heterocycles. The molecule has 232 valence electrons. The molecule has 0 radical (unpaired) electrons. The van der Waals surface area contributed by atoms with Gasteiger partial charge in [-0.3, -0.25) is 9.59 Å². The van der Waals surface area contributed by atoms with E-state index in [9.17, 15) is 9.59 Å². The highest BCUT2D eigenvalue weighted by Crippen LogP contribution is 2.60. The van der Waals surface area contributed by atoms with Crippen LogP contribution in [0.2, 0.25) is 0 Å². The smallest absolute Gasteiger partial charge is 0.266 e. The van der Waals surface area contributed by atoms with Crippen molar-refractivity contribution < 1.29 is 18.0 Å². The Morgan fingerprint density at radius 2 is 1.48 bits per heavy atom. The number of nitrogens with zero attached hydrogens (tertiary/aromatic N) is 2. The Hall–Kier alpha value is -3.17. The lowest BCUT2D eigenvalue weighted by Crippen LogP contribution is -2.66. The summed E-state index contributed by atoms with van der Waals surface area (Å²) in [5.74, 6) is -0.430. The molecule has 2 amide bonds. The SMILES string of the molecule is CC(C)c1cc(C(C)C)c(S(=O)(=O)N2c3ccccc3[C@]3(Br)C[C@H]4C(=O)N[C@@H](Cc5ccccc5)C(=O)N4[C@H]23)c(C(C)C)c1. The van der Waals surface area contributed by atoms with Crippen molar-refractivity contribution in [3.05, 3.63) is 94.5 Å². The van der Waals surface area contributed by atoms with Gasteiger partial charge in [0.2, 0.25) is 11.8 Å². The van der Waals surface area contributed by atoms with E-state index in [0.29, 0.717) is 17.0 Å². The number of sulfonamides is 1. The number of nitrogens with one attached hydrogen (secondary N) is 1. The number of fused-ring (bicyclic) bond motifs is 5. The second-order valence-electron chi connectivity index (χ2n) is 13.3. The van der Waals surface area contributed by atoms with Crippen LogP contribution in [0.5, 0.6) is 0 Å². The van der Waals surface area contributed by atoms with Crippen molar-refractivity contribution in [1.82, 2.24) is 10.2 Å². The summed E-state index contributed by atoms with van der Waals surface area (Å²) in [6.07, 6.45) is -0.366. The van der Waals surface area contributed by atoms with Crippen molar-refractivity contribution >= 4 is 43.5 Å². The molecule has 0 unspecified atom stereocenters. The summed E-state index contributed by atoms with van der Waals surface area (Å²) in [6.45, 7) is 12.3. The Morgan fingerprint density at radius 1 is 0.886 bits per heavy atom. The molecule has 9 heteroatoms. The third-order valence-electron chi connectivity index (χ3n) is 9.36. The fourth-order valence-corrected chi connectivity index (χ4v) is 10.7. The standard InChI is InChI=1S/C35H40BrN3O4S/c1-20(2)24-17-25(21(3)4)31(26(18-24)22(5)6)44(42,43)39-29-15-11-10-14-27(29)35(36)19-30-32(40)37-28(33(41)38(30)34(35)39)16-23-12-8-7-9-13-23/h7-15,17-18,20-22,28,30,34H,16,19H2,1-6H3,(H,37,40)/t28-,30-,34+,35+/m0/s1. The van der Waals surface area contributed by atoms with Gasteiger partial charge in [0.15, 0.2) is 0 Å². The van der Waals surface area contributed by atoms with Gasteiger partial charge in [-0.1, -0.05) is 118 Å². The van der Waals surface area contributed by atoms with Crippen LogP contribution >= 0.6 is 15.9 Å². The lowest BCUT2D eigenvalue weighted by atomic mass is 9.89. The zero-order valence-corrected chi connectivity index (χ0v) is 28.4. The van der Waals surface area contributed by atoms with Crippen molar-refractivity contribution in [3.63, 3.8) is 0 Å². The molecule has 3 aliphatic rings. The Kier molecular flexibility index (Phi) is 7.72. The van der Waals surface area contributed by atoms with Crippen LogP contribution in [0.4, 0.5) is 5.69 Å². The highest BCUT2D eigenvalue weighted by molar-refractivity contribution is 9.09. The van der Waals surface area contributed by atoms with Crippen LogP contribution in [-0.4, -0.2) is 43.4 Å². The van der Waals surface area contributed by atoms with E-state index in [1.165, 1.54) is 4.31 Å².